The van der Waals surface area contributed by atoms with E-state index in [1.54, 1.807) is 18.3 Å². The summed E-state index contributed by atoms with van der Waals surface area (Å²) in [4.78, 5) is 21.1. The highest BCUT2D eigenvalue weighted by molar-refractivity contribution is 5.94. The molecule has 1 aromatic heterocycles. The number of carbonyl (C=O) groups is 1. The number of piperazine rings is 1. The minimum absolute atomic E-state index is 0.00925. The fourth-order valence-corrected chi connectivity index (χ4v) is 3.12. The van der Waals surface area contributed by atoms with E-state index in [9.17, 15) is 9.18 Å². The Morgan fingerprint density at radius 2 is 1.81 bits per heavy atom. The van der Waals surface area contributed by atoms with Gasteiger partial charge in [-0.1, -0.05) is 13.8 Å². The monoisotopic (exact) mass is 370 g/mol. The first kappa shape index (κ1) is 19.1. The first-order valence-electron chi connectivity index (χ1n) is 9.52. The third kappa shape index (κ3) is 5.18. The van der Waals surface area contributed by atoms with Gasteiger partial charge in [0.05, 0.1) is 5.56 Å². The zero-order valence-corrected chi connectivity index (χ0v) is 16.0. The smallest absolute Gasteiger partial charge is 0.255 e. The molecule has 0 aliphatic carbocycles. The summed E-state index contributed by atoms with van der Waals surface area (Å²) in [6.45, 7) is 8.01. The number of nitrogens with zero attached hydrogens (tertiary/aromatic N) is 3. The van der Waals surface area contributed by atoms with Crippen LogP contribution in [0.5, 0.6) is 0 Å². The Morgan fingerprint density at radius 1 is 1.11 bits per heavy atom. The molecule has 27 heavy (non-hydrogen) atoms. The van der Waals surface area contributed by atoms with E-state index in [-0.39, 0.29) is 11.7 Å². The Hall–Kier alpha value is -2.63. The Bertz CT molecular complexity index is 738. The molecule has 0 unspecified atom stereocenters. The van der Waals surface area contributed by atoms with Crippen LogP contribution in [-0.4, -0.2) is 48.5 Å². The lowest BCUT2D eigenvalue weighted by Gasteiger charge is -2.36. The van der Waals surface area contributed by atoms with Gasteiger partial charge in [-0.25, -0.2) is 9.37 Å². The van der Waals surface area contributed by atoms with Gasteiger partial charge in [-0.2, -0.15) is 0 Å². The van der Waals surface area contributed by atoms with Crippen LogP contribution in [0.4, 0.5) is 15.9 Å². The highest BCUT2D eigenvalue weighted by Gasteiger charge is 2.22. The van der Waals surface area contributed by atoms with Crippen molar-refractivity contribution in [2.45, 2.75) is 20.3 Å². The van der Waals surface area contributed by atoms with Crippen LogP contribution < -0.4 is 10.2 Å². The van der Waals surface area contributed by atoms with E-state index in [1.165, 1.54) is 12.1 Å². The summed E-state index contributed by atoms with van der Waals surface area (Å²) in [5.41, 5.74) is 1.60. The van der Waals surface area contributed by atoms with Crippen molar-refractivity contribution in [3.8, 4) is 0 Å². The summed E-state index contributed by atoms with van der Waals surface area (Å²) < 4.78 is 13.1. The summed E-state index contributed by atoms with van der Waals surface area (Å²) >= 11 is 0. The molecule has 2 aromatic rings. The van der Waals surface area contributed by atoms with Crippen LogP contribution in [0.25, 0.3) is 0 Å². The van der Waals surface area contributed by atoms with Crippen molar-refractivity contribution >= 4 is 17.4 Å². The number of carbonyl (C=O) groups excluding carboxylic acids is 1. The zero-order chi connectivity index (χ0) is 19.2. The number of halogens is 1. The number of hydrogen-bond acceptors (Lipinski definition) is 4. The topological polar surface area (TPSA) is 48.5 Å². The fourth-order valence-electron chi connectivity index (χ4n) is 3.12. The van der Waals surface area contributed by atoms with Gasteiger partial charge in [0.15, 0.2) is 0 Å². The maximum absolute atomic E-state index is 13.1. The van der Waals surface area contributed by atoms with Crippen LogP contribution >= 0.6 is 0 Å². The highest BCUT2D eigenvalue weighted by atomic mass is 19.1. The van der Waals surface area contributed by atoms with Crippen molar-refractivity contribution in [1.29, 1.82) is 0 Å². The lowest BCUT2D eigenvalue weighted by molar-refractivity contribution is 0.0746. The third-order valence-electron chi connectivity index (χ3n) is 4.80. The number of pyridine rings is 1. The van der Waals surface area contributed by atoms with Crippen molar-refractivity contribution in [2.75, 3.05) is 42.9 Å². The lowest BCUT2D eigenvalue weighted by atomic mass is 10.1. The molecule has 1 saturated heterocycles. The predicted octanol–water partition coefficient (Wildman–Crippen LogP) is 3.64. The van der Waals surface area contributed by atoms with Gasteiger partial charge in [-0.15, -0.1) is 0 Å². The van der Waals surface area contributed by atoms with Gasteiger partial charge in [0.25, 0.3) is 5.91 Å². The Kier molecular flexibility index (Phi) is 6.27. The van der Waals surface area contributed by atoms with E-state index in [0.717, 1.165) is 37.6 Å². The molecule has 3 rings (SSSR count). The number of anilines is 2. The molecule has 1 aliphatic rings. The molecule has 0 saturated carbocycles. The second kappa shape index (κ2) is 8.84. The van der Waals surface area contributed by atoms with E-state index in [0.29, 0.717) is 24.6 Å². The number of nitrogens with one attached hydrogen (secondary N) is 1. The Balaban J connectivity index is 1.52. The maximum atomic E-state index is 13.1. The summed E-state index contributed by atoms with van der Waals surface area (Å²) in [5, 5.41) is 3.28. The number of hydrogen-bond donors (Lipinski definition) is 1. The van der Waals surface area contributed by atoms with E-state index in [1.807, 2.05) is 17.0 Å². The highest BCUT2D eigenvalue weighted by Crippen LogP contribution is 2.18. The Morgan fingerprint density at radius 3 is 2.41 bits per heavy atom. The van der Waals surface area contributed by atoms with Crippen LogP contribution in [0.15, 0.2) is 42.6 Å². The van der Waals surface area contributed by atoms with Gasteiger partial charge >= 0.3 is 0 Å². The molecule has 2 heterocycles. The molecule has 1 aliphatic heterocycles. The largest absolute Gasteiger partial charge is 0.370 e. The van der Waals surface area contributed by atoms with Gasteiger partial charge < -0.3 is 15.1 Å². The number of aromatic nitrogens is 1. The molecule has 0 radical (unpaired) electrons. The minimum atomic E-state index is -0.234. The second-order valence-electron chi connectivity index (χ2n) is 7.30. The van der Waals surface area contributed by atoms with Gasteiger partial charge in [0.1, 0.15) is 11.6 Å². The van der Waals surface area contributed by atoms with Crippen LogP contribution in [0, 0.1) is 11.7 Å². The third-order valence-corrected chi connectivity index (χ3v) is 4.80. The predicted molar refractivity (Wildman–Crippen MR) is 107 cm³/mol. The van der Waals surface area contributed by atoms with Gasteiger partial charge in [0, 0.05) is 44.6 Å². The molecular weight excluding hydrogens is 343 g/mol. The van der Waals surface area contributed by atoms with Gasteiger partial charge in [-0.3, -0.25) is 4.79 Å². The SMILES string of the molecule is CC(C)CCNc1ccc(C(=O)N2CCN(c3ccc(F)cc3)CC2)cn1. The molecular formula is C21H27FN4O. The zero-order valence-electron chi connectivity index (χ0n) is 16.0. The molecule has 144 valence electrons. The number of benzene rings is 1. The number of amides is 1. The van der Waals surface area contributed by atoms with Crippen molar-refractivity contribution < 1.29 is 9.18 Å². The quantitative estimate of drug-likeness (QED) is 0.843. The molecule has 0 spiro atoms. The van der Waals surface area contributed by atoms with Crippen molar-refractivity contribution in [2.24, 2.45) is 5.92 Å². The number of rotatable bonds is 6. The van der Waals surface area contributed by atoms with Crippen molar-refractivity contribution in [3.05, 3.63) is 54.0 Å². The molecule has 1 fully saturated rings. The summed E-state index contributed by atoms with van der Waals surface area (Å²) in [6.07, 6.45) is 2.73. The molecule has 0 atom stereocenters. The van der Waals surface area contributed by atoms with E-state index >= 15 is 0 Å². The average molecular weight is 370 g/mol. The summed E-state index contributed by atoms with van der Waals surface area (Å²) in [7, 11) is 0. The molecule has 1 amide bonds. The van der Waals surface area contributed by atoms with Crippen molar-refractivity contribution in [3.63, 3.8) is 0 Å². The van der Waals surface area contributed by atoms with Crippen molar-refractivity contribution in [1.82, 2.24) is 9.88 Å². The van der Waals surface area contributed by atoms with Crippen LogP contribution in [0.3, 0.4) is 0 Å². The van der Waals surface area contributed by atoms with E-state index in [4.69, 9.17) is 0 Å². The van der Waals surface area contributed by atoms with Crippen LogP contribution in [0.2, 0.25) is 0 Å². The molecule has 6 heteroatoms. The fraction of sp³-hybridized carbons (Fsp3) is 0.429. The first-order valence-corrected chi connectivity index (χ1v) is 9.52. The van der Waals surface area contributed by atoms with Gasteiger partial charge in [-0.05, 0) is 48.7 Å². The second-order valence-corrected chi connectivity index (χ2v) is 7.30. The van der Waals surface area contributed by atoms with Crippen LogP contribution in [0.1, 0.15) is 30.6 Å². The maximum Gasteiger partial charge on any atom is 0.255 e. The molecule has 5 nitrogen and oxygen atoms in total. The first-order chi connectivity index (χ1) is 13.0. The molecule has 0 bridgehead atoms. The average Bonchev–Trinajstić information content (AvgIpc) is 2.68. The molecule has 1 N–H and O–H groups in total. The summed E-state index contributed by atoms with van der Waals surface area (Å²) in [5.74, 6) is 1.22. The van der Waals surface area contributed by atoms with Gasteiger partial charge in [0.2, 0.25) is 0 Å². The summed E-state index contributed by atoms with van der Waals surface area (Å²) in [6, 6.07) is 10.2. The van der Waals surface area contributed by atoms with Crippen LogP contribution in [-0.2, 0) is 0 Å². The standard InChI is InChI=1S/C21H27FN4O/c1-16(2)9-10-23-20-8-3-17(15-24-20)21(27)26-13-11-25(12-14-26)19-6-4-18(22)5-7-19/h3-8,15-16H,9-14H2,1-2H3,(H,23,24). The molecule has 1 aromatic carbocycles. The van der Waals surface area contributed by atoms with E-state index in [2.05, 4.69) is 29.0 Å². The minimum Gasteiger partial charge on any atom is -0.370 e. The normalized spacial score (nSPS) is 14.5. The van der Waals surface area contributed by atoms with E-state index < -0.39 is 0 Å². The Labute approximate surface area is 160 Å². The lowest BCUT2D eigenvalue weighted by Crippen LogP contribution is -2.48.